The number of hydrogen-bond acceptors (Lipinski definition) is 5. The lowest BCUT2D eigenvalue weighted by Gasteiger charge is -2.03. The summed E-state index contributed by atoms with van der Waals surface area (Å²) in [7, 11) is 1.86. The average Bonchev–Trinajstić information content (AvgIpc) is 3.06. The molecule has 0 amide bonds. The molecule has 7 heteroatoms. The van der Waals surface area contributed by atoms with Gasteiger partial charge in [-0.05, 0) is 29.8 Å². The minimum absolute atomic E-state index is 0.357. The predicted octanol–water partition coefficient (Wildman–Crippen LogP) is 2.51. The third-order valence-electron chi connectivity index (χ3n) is 3.34. The lowest BCUT2D eigenvalue weighted by molar-refractivity contribution is -0.139. The van der Waals surface area contributed by atoms with Gasteiger partial charge in [-0.15, -0.1) is 0 Å². The summed E-state index contributed by atoms with van der Waals surface area (Å²) in [4.78, 5) is 19.2. The molecule has 0 aliphatic heterocycles. The van der Waals surface area contributed by atoms with Gasteiger partial charge in [-0.1, -0.05) is 18.2 Å². The summed E-state index contributed by atoms with van der Waals surface area (Å²) >= 11 is 0. The van der Waals surface area contributed by atoms with E-state index in [1.807, 2.05) is 43.6 Å². The number of ether oxygens (including phenoxy) is 1. The van der Waals surface area contributed by atoms with E-state index in [1.165, 1.54) is 0 Å². The number of carboxylic acid groups (broad SMARTS) is 1. The highest BCUT2D eigenvalue weighted by Crippen LogP contribution is 2.17. The first-order valence-corrected chi connectivity index (χ1v) is 7.55. The Morgan fingerprint density at radius 2 is 2.04 bits per heavy atom. The van der Waals surface area contributed by atoms with E-state index in [4.69, 9.17) is 9.84 Å². The third-order valence-corrected chi connectivity index (χ3v) is 3.34. The van der Waals surface area contributed by atoms with Gasteiger partial charge in [-0.25, -0.2) is 14.8 Å². The number of aromatic nitrogens is 4. The van der Waals surface area contributed by atoms with Gasteiger partial charge in [0.25, 0.3) is 0 Å². The number of carboxylic acids is 1. The fourth-order valence-corrected chi connectivity index (χ4v) is 2.16. The summed E-state index contributed by atoms with van der Waals surface area (Å²) in [5, 5.41) is 12.7. The smallest absolute Gasteiger partial charge is 0.341 e. The molecule has 0 aliphatic carbocycles. The van der Waals surface area contributed by atoms with Crippen molar-refractivity contribution in [1.82, 2.24) is 19.7 Å². The van der Waals surface area contributed by atoms with Crippen LogP contribution in [0.3, 0.4) is 0 Å². The Bertz CT molecular complexity index is 901. The maximum atomic E-state index is 10.5. The zero-order valence-corrected chi connectivity index (χ0v) is 13.5. The van der Waals surface area contributed by atoms with Gasteiger partial charge in [0.05, 0.1) is 11.9 Å². The number of aryl methyl sites for hydroxylation is 1. The number of benzene rings is 1. The number of carbonyl (C=O) groups is 1. The van der Waals surface area contributed by atoms with E-state index in [-0.39, 0.29) is 6.61 Å². The topological polar surface area (TPSA) is 90.1 Å². The lowest BCUT2D eigenvalue weighted by atomic mass is 10.2. The number of hydrogen-bond donors (Lipinski definition) is 1. The van der Waals surface area contributed by atoms with Crippen LogP contribution in [0.2, 0.25) is 0 Å². The van der Waals surface area contributed by atoms with Crippen molar-refractivity contribution in [3.8, 4) is 17.0 Å². The van der Waals surface area contributed by atoms with Gasteiger partial charge in [0.2, 0.25) is 0 Å². The molecule has 0 aliphatic rings. The molecule has 3 rings (SSSR count). The van der Waals surface area contributed by atoms with Crippen molar-refractivity contribution in [2.45, 2.75) is 0 Å². The molecule has 0 spiro atoms. The molecule has 126 valence electrons. The number of rotatable bonds is 6. The molecule has 3 aromatic rings. The second-order valence-corrected chi connectivity index (χ2v) is 5.29. The van der Waals surface area contributed by atoms with Crippen molar-refractivity contribution in [2.24, 2.45) is 7.05 Å². The normalized spacial score (nSPS) is 10.9. The van der Waals surface area contributed by atoms with Crippen molar-refractivity contribution in [3.05, 3.63) is 60.3 Å². The molecule has 2 heterocycles. The molecule has 0 atom stereocenters. The van der Waals surface area contributed by atoms with Crippen LogP contribution < -0.4 is 4.74 Å². The van der Waals surface area contributed by atoms with E-state index in [0.29, 0.717) is 11.6 Å². The Balaban J connectivity index is 1.70. The molecule has 1 N–H and O–H groups in total. The Kier molecular flexibility index (Phi) is 4.84. The van der Waals surface area contributed by atoms with Gasteiger partial charge in [-0.3, -0.25) is 4.68 Å². The van der Waals surface area contributed by atoms with Crippen molar-refractivity contribution in [3.63, 3.8) is 0 Å². The number of aliphatic carboxylic acids is 1. The van der Waals surface area contributed by atoms with E-state index in [2.05, 4.69) is 15.1 Å². The van der Waals surface area contributed by atoms with Gasteiger partial charge < -0.3 is 9.84 Å². The van der Waals surface area contributed by atoms with Crippen molar-refractivity contribution >= 4 is 18.1 Å². The minimum Gasteiger partial charge on any atom is -0.482 e. The Morgan fingerprint density at radius 1 is 1.24 bits per heavy atom. The van der Waals surface area contributed by atoms with Gasteiger partial charge in [-0.2, -0.15) is 5.10 Å². The highest BCUT2D eigenvalue weighted by atomic mass is 16.5. The van der Waals surface area contributed by atoms with Crippen LogP contribution >= 0.6 is 0 Å². The van der Waals surface area contributed by atoms with Crippen LogP contribution in [0.5, 0.6) is 5.75 Å². The largest absolute Gasteiger partial charge is 0.482 e. The molecule has 0 fully saturated rings. The van der Waals surface area contributed by atoms with Crippen LogP contribution in [0.4, 0.5) is 0 Å². The third kappa shape index (κ3) is 4.51. The second-order valence-electron chi connectivity index (χ2n) is 5.29. The Labute approximate surface area is 144 Å². The van der Waals surface area contributed by atoms with E-state index < -0.39 is 5.97 Å². The summed E-state index contributed by atoms with van der Waals surface area (Å²) in [6.45, 7) is -0.357. The van der Waals surface area contributed by atoms with Crippen molar-refractivity contribution in [1.29, 1.82) is 0 Å². The van der Waals surface area contributed by atoms with Crippen molar-refractivity contribution < 1.29 is 14.6 Å². The summed E-state index contributed by atoms with van der Waals surface area (Å²) in [6, 6.07) is 8.94. The molecule has 1 aromatic carbocycles. The Morgan fingerprint density at radius 3 is 2.72 bits per heavy atom. The van der Waals surface area contributed by atoms with Gasteiger partial charge in [0.1, 0.15) is 5.75 Å². The van der Waals surface area contributed by atoms with Crippen molar-refractivity contribution in [2.75, 3.05) is 6.61 Å². The van der Waals surface area contributed by atoms with Crippen LogP contribution in [0.1, 0.15) is 11.4 Å². The quantitative estimate of drug-likeness (QED) is 0.744. The molecular formula is C18H16N4O3. The summed E-state index contributed by atoms with van der Waals surface area (Å²) < 4.78 is 6.82. The van der Waals surface area contributed by atoms with Gasteiger partial charge in [0.15, 0.2) is 12.4 Å². The first-order valence-electron chi connectivity index (χ1n) is 7.55. The monoisotopic (exact) mass is 336 g/mol. The van der Waals surface area contributed by atoms with Crippen LogP contribution in [0.15, 0.2) is 48.9 Å². The average molecular weight is 336 g/mol. The Hall–Kier alpha value is -3.48. The van der Waals surface area contributed by atoms with E-state index >= 15 is 0 Å². The summed E-state index contributed by atoms with van der Waals surface area (Å²) in [5.74, 6) is 0.0940. The fraction of sp³-hybridized carbons (Fsp3) is 0.111. The van der Waals surface area contributed by atoms with Crippen LogP contribution in [-0.4, -0.2) is 37.4 Å². The molecule has 0 saturated carbocycles. The molecule has 25 heavy (non-hydrogen) atoms. The zero-order valence-electron chi connectivity index (χ0n) is 13.5. The van der Waals surface area contributed by atoms with E-state index in [0.717, 1.165) is 16.8 Å². The molecular weight excluding hydrogens is 320 g/mol. The van der Waals surface area contributed by atoms with Gasteiger partial charge in [0, 0.05) is 25.0 Å². The minimum atomic E-state index is -1.00. The number of nitrogens with zero attached hydrogens (tertiary/aromatic N) is 4. The standard InChI is InChI=1S/C18H16N4O3/c1-22-11-14(10-20-22)16-8-9-19-17(21-16)7-4-13-2-5-15(6-3-13)25-12-18(23)24/h2-11H,12H2,1H3,(H,23,24)/b7-4+. The maximum absolute atomic E-state index is 10.5. The van der Waals surface area contributed by atoms with E-state index in [9.17, 15) is 4.79 Å². The first-order chi connectivity index (χ1) is 12.1. The second kappa shape index (κ2) is 7.39. The molecule has 0 radical (unpaired) electrons. The highest BCUT2D eigenvalue weighted by Gasteiger charge is 2.03. The van der Waals surface area contributed by atoms with Crippen LogP contribution in [0.25, 0.3) is 23.4 Å². The maximum Gasteiger partial charge on any atom is 0.341 e. The van der Waals surface area contributed by atoms with Crippen LogP contribution in [0, 0.1) is 0 Å². The molecule has 7 nitrogen and oxygen atoms in total. The zero-order chi connectivity index (χ0) is 17.6. The molecule has 0 bridgehead atoms. The molecule has 0 unspecified atom stereocenters. The van der Waals surface area contributed by atoms with Gasteiger partial charge >= 0.3 is 5.97 Å². The molecule has 0 saturated heterocycles. The van der Waals surface area contributed by atoms with E-state index in [1.54, 1.807) is 29.2 Å². The summed E-state index contributed by atoms with van der Waals surface area (Å²) in [6.07, 6.45) is 9.05. The molecule has 2 aromatic heterocycles. The predicted molar refractivity (Wildman–Crippen MR) is 92.7 cm³/mol. The van der Waals surface area contributed by atoms with Crippen LogP contribution in [-0.2, 0) is 11.8 Å². The lowest BCUT2D eigenvalue weighted by Crippen LogP contribution is -2.09. The fourth-order valence-electron chi connectivity index (χ4n) is 2.16. The first kappa shape index (κ1) is 16.4. The SMILES string of the molecule is Cn1cc(-c2ccnc(/C=C/c3ccc(OCC(=O)O)cc3)n2)cn1. The summed E-state index contributed by atoms with van der Waals surface area (Å²) in [5.41, 5.74) is 2.66. The highest BCUT2D eigenvalue weighted by molar-refractivity contribution is 5.69.